The summed E-state index contributed by atoms with van der Waals surface area (Å²) < 4.78 is 4.79. The molecule has 0 fully saturated rings. The number of fused-ring (bicyclic) bond motifs is 11. The molecule has 51 heavy (non-hydrogen) atoms. The first kappa shape index (κ1) is 28.3. The SMILES string of the molecule is CC1(C)c2ccccc2-c2ccc(-n3c4ccccc4c4c5c6ccccc6n(-c6nc7ccccc7nc6-c6ccccc6)c5ccc43)cc21. The lowest BCUT2D eigenvalue weighted by Crippen LogP contribution is -2.15. The Morgan fingerprint density at radius 3 is 1.76 bits per heavy atom. The Balaban J connectivity index is 1.24. The number of benzene rings is 7. The molecule has 10 aromatic rings. The first-order valence-electron chi connectivity index (χ1n) is 17.6. The van der Waals surface area contributed by atoms with Crippen LogP contribution in [0.25, 0.3) is 88.5 Å². The number of hydrogen-bond donors (Lipinski definition) is 0. The lowest BCUT2D eigenvalue weighted by Gasteiger charge is -2.22. The maximum absolute atomic E-state index is 5.35. The molecule has 11 rings (SSSR count). The van der Waals surface area contributed by atoms with Gasteiger partial charge >= 0.3 is 0 Å². The molecule has 3 heterocycles. The van der Waals surface area contributed by atoms with E-state index < -0.39 is 0 Å². The van der Waals surface area contributed by atoms with Crippen LogP contribution in [0.2, 0.25) is 0 Å². The van der Waals surface area contributed by atoms with Gasteiger partial charge in [-0.3, -0.25) is 4.57 Å². The maximum atomic E-state index is 5.35. The van der Waals surface area contributed by atoms with Crippen LogP contribution in [0.15, 0.2) is 158 Å². The smallest absolute Gasteiger partial charge is 0.165 e. The van der Waals surface area contributed by atoms with Crippen LogP contribution >= 0.6 is 0 Å². The van der Waals surface area contributed by atoms with Crippen molar-refractivity contribution in [2.45, 2.75) is 19.3 Å². The van der Waals surface area contributed by atoms with Gasteiger partial charge < -0.3 is 4.57 Å². The first-order valence-corrected chi connectivity index (χ1v) is 17.6. The molecule has 0 unspecified atom stereocenters. The van der Waals surface area contributed by atoms with E-state index in [4.69, 9.17) is 9.97 Å². The second kappa shape index (κ2) is 10.3. The Kier molecular flexibility index (Phi) is 5.70. The molecule has 0 spiro atoms. The second-order valence-corrected chi connectivity index (χ2v) is 14.2. The summed E-state index contributed by atoms with van der Waals surface area (Å²) in [5.41, 5.74) is 14.8. The Labute approximate surface area is 294 Å². The predicted octanol–water partition coefficient (Wildman–Crippen LogP) is 11.8. The van der Waals surface area contributed by atoms with Crippen molar-refractivity contribution in [3.05, 3.63) is 169 Å². The molecule has 4 heteroatoms. The topological polar surface area (TPSA) is 35.6 Å². The predicted molar refractivity (Wildman–Crippen MR) is 211 cm³/mol. The molecule has 0 saturated heterocycles. The zero-order chi connectivity index (χ0) is 33.8. The highest BCUT2D eigenvalue weighted by Crippen LogP contribution is 2.50. The van der Waals surface area contributed by atoms with E-state index in [1.165, 1.54) is 60.5 Å². The van der Waals surface area contributed by atoms with Crippen molar-refractivity contribution in [1.29, 1.82) is 0 Å². The number of aromatic nitrogens is 4. The average Bonchev–Trinajstić information content (AvgIpc) is 3.78. The number of nitrogens with zero attached hydrogens (tertiary/aromatic N) is 4. The Morgan fingerprint density at radius 1 is 0.451 bits per heavy atom. The lowest BCUT2D eigenvalue weighted by molar-refractivity contribution is 0.660. The van der Waals surface area contributed by atoms with Crippen LogP contribution in [0.4, 0.5) is 0 Å². The molecule has 0 amide bonds. The van der Waals surface area contributed by atoms with Gasteiger partial charge in [-0.15, -0.1) is 0 Å². The van der Waals surface area contributed by atoms with Crippen molar-refractivity contribution in [1.82, 2.24) is 19.1 Å². The molecule has 0 atom stereocenters. The van der Waals surface area contributed by atoms with Crippen LogP contribution in [-0.4, -0.2) is 19.1 Å². The summed E-state index contributed by atoms with van der Waals surface area (Å²) in [7, 11) is 0. The van der Waals surface area contributed by atoms with E-state index in [1.54, 1.807) is 0 Å². The number of rotatable bonds is 3. The highest BCUT2D eigenvalue weighted by atomic mass is 15.1. The normalized spacial score (nSPS) is 13.5. The molecule has 1 aliphatic carbocycles. The molecule has 1 aliphatic rings. The fraction of sp³-hybridized carbons (Fsp3) is 0.0638. The van der Waals surface area contributed by atoms with E-state index in [9.17, 15) is 0 Å². The largest absolute Gasteiger partial charge is 0.309 e. The van der Waals surface area contributed by atoms with E-state index in [-0.39, 0.29) is 5.41 Å². The van der Waals surface area contributed by atoms with Crippen molar-refractivity contribution in [3.63, 3.8) is 0 Å². The molecular weight excluding hydrogens is 621 g/mol. The first-order chi connectivity index (χ1) is 25.1. The summed E-state index contributed by atoms with van der Waals surface area (Å²) in [5, 5.41) is 4.90. The van der Waals surface area contributed by atoms with Gasteiger partial charge in [0.15, 0.2) is 5.82 Å². The van der Waals surface area contributed by atoms with E-state index in [0.29, 0.717) is 0 Å². The van der Waals surface area contributed by atoms with Gasteiger partial charge in [-0.1, -0.05) is 123 Å². The summed E-state index contributed by atoms with van der Waals surface area (Å²) >= 11 is 0. The minimum atomic E-state index is -0.0846. The summed E-state index contributed by atoms with van der Waals surface area (Å²) in [4.78, 5) is 10.6. The van der Waals surface area contributed by atoms with E-state index in [1.807, 2.05) is 24.3 Å². The number of hydrogen-bond acceptors (Lipinski definition) is 2. The van der Waals surface area contributed by atoms with E-state index in [2.05, 4.69) is 156 Å². The second-order valence-electron chi connectivity index (χ2n) is 14.2. The molecule has 4 nitrogen and oxygen atoms in total. The molecular formula is C47H32N4. The van der Waals surface area contributed by atoms with E-state index in [0.717, 1.165) is 39.1 Å². The molecule has 7 aromatic carbocycles. The Bertz CT molecular complexity index is 3050. The summed E-state index contributed by atoms with van der Waals surface area (Å²) in [6.45, 7) is 4.70. The zero-order valence-corrected chi connectivity index (χ0v) is 28.3. The van der Waals surface area contributed by atoms with Crippen molar-refractivity contribution >= 4 is 54.6 Å². The van der Waals surface area contributed by atoms with Crippen LogP contribution in [-0.2, 0) is 5.41 Å². The summed E-state index contributed by atoms with van der Waals surface area (Å²) in [6.07, 6.45) is 0. The van der Waals surface area contributed by atoms with Crippen molar-refractivity contribution < 1.29 is 0 Å². The monoisotopic (exact) mass is 652 g/mol. The highest BCUT2D eigenvalue weighted by molar-refractivity contribution is 6.29. The van der Waals surface area contributed by atoms with Gasteiger partial charge in [0.2, 0.25) is 0 Å². The molecule has 0 aliphatic heterocycles. The molecule has 240 valence electrons. The zero-order valence-electron chi connectivity index (χ0n) is 28.3. The average molecular weight is 653 g/mol. The maximum Gasteiger partial charge on any atom is 0.165 e. The number of para-hydroxylation sites is 4. The van der Waals surface area contributed by atoms with Gasteiger partial charge in [0.25, 0.3) is 0 Å². The molecule has 0 saturated carbocycles. The molecule has 0 bridgehead atoms. The van der Waals surface area contributed by atoms with Gasteiger partial charge in [0.05, 0.1) is 33.1 Å². The Hall–Kier alpha value is -6.52. The van der Waals surface area contributed by atoms with Crippen molar-refractivity contribution in [2.75, 3.05) is 0 Å². The summed E-state index contributed by atoms with van der Waals surface area (Å²) in [5.74, 6) is 0.828. The third-order valence-corrected chi connectivity index (χ3v) is 11.1. The summed E-state index contributed by atoms with van der Waals surface area (Å²) in [6, 6.07) is 56.7. The third-order valence-electron chi connectivity index (χ3n) is 11.1. The van der Waals surface area contributed by atoms with Crippen LogP contribution < -0.4 is 0 Å². The fourth-order valence-corrected chi connectivity index (χ4v) is 8.79. The van der Waals surface area contributed by atoms with Gasteiger partial charge in [0, 0.05) is 38.2 Å². The van der Waals surface area contributed by atoms with Gasteiger partial charge in [-0.2, -0.15) is 0 Å². The Morgan fingerprint density at radius 2 is 1.02 bits per heavy atom. The van der Waals surface area contributed by atoms with Gasteiger partial charge in [0.1, 0.15) is 5.69 Å². The van der Waals surface area contributed by atoms with Crippen LogP contribution in [0.1, 0.15) is 25.0 Å². The lowest BCUT2D eigenvalue weighted by atomic mass is 9.82. The fourth-order valence-electron chi connectivity index (χ4n) is 8.79. The minimum Gasteiger partial charge on any atom is -0.309 e. The van der Waals surface area contributed by atoms with Crippen LogP contribution in [0, 0.1) is 0 Å². The van der Waals surface area contributed by atoms with Crippen LogP contribution in [0.3, 0.4) is 0 Å². The third kappa shape index (κ3) is 3.85. The molecule has 0 radical (unpaired) electrons. The van der Waals surface area contributed by atoms with Crippen molar-refractivity contribution in [2.24, 2.45) is 0 Å². The van der Waals surface area contributed by atoms with Gasteiger partial charge in [-0.05, 0) is 70.8 Å². The quantitative estimate of drug-likeness (QED) is 0.190. The van der Waals surface area contributed by atoms with Gasteiger partial charge in [-0.25, -0.2) is 9.97 Å². The molecule has 0 N–H and O–H groups in total. The highest BCUT2D eigenvalue weighted by Gasteiger charge is 2.35. The standard InChI is InChI=1S/C47H32N4/c1-47(2)35-19-9-6-16-31(35)32-25-24-30(28-36(32)47)50-39-22-12-7-17-33(39)43-41(50)26-27-42-44(43)34-18-8-13-23-40(34)51(42)46-45(29-14-4-3-5-15-29)48-37-20-10-11-21-38(37)49-46/h3-28H,1-2H3. The minimum absolute atomic E-state index is 0.0846. The van der Waals surface area contributed by atoms with E-state index >= 15 is 0 Å². The molecule has 3 aromatic heterocycles. The van der Waals surface area contributed by atoms with Crippen LogP contribution in [0.5, 0.6) is 0 Å². The van der Waals surface area contributed by atoms with Crippen molar-refractivity contribution in [3.8, 4) is 33.9 Å².